The first-order valence-corrected chi connectivity index (χ1v) is 5.94. The molecule has 2 rings (SSSR count). The Bertz CT molecular complexity index is 327. The molecule has 0 bridgehead atoms. The van der Waals surface area contributed by atoms with Crippen LogP contribution in [0.15, 0.2) is 24.3 Å². The van der Waals surface area contributed by atoms with Gasteiger partial charge in [0.15, 0.2) is 0 Å². The summed E-state index contributed by atoms with van der Waals surface area (Å²) in [4.78, 5) is 0. The second kappa shape index (κ2) is 4.15. The van der Waals surface area contributed by atoms with Crippen LogP contribution in [0, 0.1) is 5.92 Å². The molecule has 1 atom stereocenters. The van der Waals surface area contributed by atoms with Gasteiger partial charge in [0.1, 0.15) is 0 Å². The number of aliphatic hydroxyl groups is 1. The summed E-state index contributed by atoms with van der Waals surface area (Å²) in [5, 5.41) is 10.1. The second-order valence-corrected chi connectivity index (χ2v) is 5.04. The van der Waals surface area contributed by atoms with Crippen LogP contribution in [-0.4, -0.2) is 11.7 Å². The van der Waals surface area contributed by atoms with Gasteiger partial charge in [-0.3, -0.25) is 0 Å². The van der Waals surface area contributed by atoms with Crippen LogP contribution in [-0.2, 0) is 5.41 Å². The number of rotatable bonds is 3. The van der Waals surface area contributed by atoms with Crippen molar-refractivity contribution in [2.24, 2.45) is 5.92 Å². The van der Waals surface area contributed by atoms with Crippen molar-refractivity contribution >= 4 is 11.6 Å². The molecular formula is C13H17ClO. The minimum Gasteiger partial charge on any atom is -0.396 e. The molecule has 1 N–H and O–H groups in total. The van der Waals surface area contributed by atoms with E-state index >= 15 is 0 Å². The fourth-order valence-corrected chi connectivity index (χ4v) is 2.71. The van der Waals surface area contributed by atoms with E-state index in [-0.39, 0.29) is 12.0 Å². The summed E-state index contributed by atoms with van der Waals surface area (Å²) < 4.78 is 0. The van der Waals surface area contributed by atoms with E-state index in [1.807, 2.05) is 12.1 Å². The van der Waals surface area contributed by atoms with Gasteiger partial charge < -0.3 is 5.11 Å². The fraction of sp³-hybridized carbons (Fsp3) is 0.538. The zero-order valence-electron chi connectivity index (χ0n) is 9.04. The van der Waals surface area contributed by atoms with Crippen molar-refractivity contribution in [1.29, 1.82) is 0 Å². The Balaban J connectivity index is 2.30. The lowest BCUT2D eigenvalue weighted by Crippen LogP contribution is -2.42. The lowest BCUT2D eigenvalue weighted by molar-refractivity contribution is 0.0970. The summed E-state index contributed by atoms with van der Waals surface area (Å²) in [6.45, 7) is 2.40. The van der Waals surface area contributed by atoms with E-state index in [2.05, 4.69) is 19.1 Å². The fourth-order valence-electron chi connectivity index (χ4n) is 2.58. The van der Waals surface area contributed by atoms with Crippen molar-refractivity contribution in [1.82, 2.24) is 0 Å². The minimum atomic E-state index is 0.208. The Morgan fingerprint density at radius 2 is 1.93 bits per heavy atom. The van der Waals surface area contributed by atoms with E-state index in [0.29, 0.717) is 5.92 Å². The van der Waals surface area contributed by atoms with Crippen LogP contribution in [0.4, 0.5) is 0 Å². The van der Waals surface area contributed by atoms with Crippen molar-refractivity contribution in [2.75, 3.05) is 6.61 Å². The maximum atomic E-state index is 9.33. The predicted molar refractivity (Wildman–Crippen MR) is 63.2 cm³/mol. The van der Waals surface area contributed by atoms with E-state index in [4.69, 9.17) is 11.6 Å². The summed E-state index contributed by atoms with van der Waals surface area (Å²) in [5.74, 6) is 0.340. The average molecular weight is 225 g/mol. The van der Waals surface area contributed by atoms with E-state index in [1.54, 1.807) is 0 Å². The Labute approximate surface area is 96.1 Å². The van der Waals surface area contributed by atoms with Gasteiger partial charge in [-0.15, -0.1) is 0 Å². The molecule has 1 nitrogen and oxygen atoms in total. The molecule has 1 aliphatic rings. The molecular weight excluding hydrogens is 208 g/mol. The summed E-state index contributed by atoms with van der Waals surface area (Å²) in [7, 11) is 0. The highest BCUT2D eigenvalue weighted by Crippen LogP contribution is 2.49. The lowest BCUT2D eigenvalue weighted by atomic mass is 9.58. The van der Waals surface area contributed by atoms with E-state index in [1.165, 1.54) is 24.8 Å². The maximum absolute atomic E-state index is 9.33. The molecule has 0 radical (unpaired) electrons. The van der Waals surface area contributed by atoms with Crippen molar-refractivity contribution in [3.8, 4) is 0 Å². The molecule has 0 spiro atoms. The summed E-state index contributed by atoms with van der Waals surface area (Å²) in [6, 6.07) is 8.10. The molecule has 0 aliphatic heterocycles. The minimum absolute atomic E-state index is 0.208. The zero-order valence-corrected chi connectivity index (χ0v) is 9.80. The van der Waals surface area contributed by atoms with Crippen molar-refractivity contribution in [3.63, 3.8) is 0 Å². The highest BCUT2D eigenvalue weighted by Gasteiger charge is 2.42. The standard InChI is InChI=1S/C13H17ClO/c1-10(9-15)13(7-2-8-13)11-3-5-12(14)6-4-11/h3-6,10,15H,2,7-9H2,1H3/t10-/m0/s1. The molecule has 0 aromatic heterocycles. The van der Waals surface area contributed by atoms with Crippen LogP contribution >= 0.6 is 11.6 Å². The molecule has 0 amide bonds. The quantitative estimate of drug-likeness (QED) is 0.835. The van der Waals surface area contributed by atoms with Crippen LogP contribution in [0.5, 0.6) is 0 Å². The van der Waals surface area contributed by atoms with Gasteiger partial charge >= 0.3 is 0 Å². The number of benzene rings is 1. The molecule has 82 valence electrons. The van der Waals surface area contributed by atoms with Gasteiger partial charge in [0.2, 0.25) is 0 Å². The van der Waals surface area contributed by atoms with Gasteiger partial charge in [0.25, 0.3) is 0 Å². The number of halogens is 1. The van der Waals surface area contributed by atoms with Crippen LogP contribution in [0.25, 0.3) is 0 Å². The smallest absolute Gasteiger partial charge is 0.0465 e. The van der Waals surface area contributed by atoms with Gasteiger partial charge in [0.05, 0.1) is 0 Å². The molecule has 0 heterocycles. The summed E-state index contributed by atoms with van der Waals surface area (Å²) >= 11 is 5.89. The van der Waals surface area contributed by atoms with E-state index < -0.39 is 0 Å². The molecule has 1 saturated carbocycles. The lowest BCUT2D eigenvalue weighted by Gasteiger charge is -2.46. The average Bonchev–Trinajstić information content (AvgIpc) is 2.19. The molecule has 0 unspecified atom stereocenters. The Hall–Kier alpha value is -0.530. The van der Waals surface area contributed by atoms with E-state index in [0.717, 1.165) is 5.02 Å². The Morgan fingerprint density at radius 3 is 2.33 bits per heavy atom. The molecule has 2 heteroatoms. The van der Waals surface area contributed by atoms with Gasteiger partial charge in [-0.1, -0.05) is 37.1 Å². The Morgan fingerprint density at radius 1 is 1.33 bits per heavy atom. The van der Waals surface area contributed by atoms with Crippen molar-refractivity contribution in [3.05, 3.63) is 34.9 Å². The highest BCUT2D eigenvalue weighted by molar-refractivity contribution is 6.30. The first kappa shape index (κ1) is 11.0. The van der Waals surface area contributed by atoms with Crippen molar-refractivity contribution in [2.45, 2.75) is 31.6 Å². The zero-order chi connectivity index (χ0) is 10.9. The van der Waals surface area contributed by atoms with Crippen LogP contribution in [0.2, 0.25) is 5.02 Å². The van der Waals surface area contributed by atoms with E-state index in [9.17, 15) is 5.11 Å². The third-order valence-corrected chi connectivity index (χ3v) is 4.13. The van der Waals surface area contributed by atoms with Crippen LogP contribution in [0.1, 0.15) is 31.7 Å². The van der Waals surface area contributed by atoms with Crippen LogP contribution < -0.4 is 0 Å². The summed E-state index contributed by atoms with van der Waals surface area (Å²) in [6.07, 6.45) is 3.65. The number of hydrogen-bond acceptors (Lipinski definition) is 1. The molecule has 1 aromatic carbocycles. The van der Waals surface area contributed by atoms with Gasteiger partial charge in [0, 0.05) is 17.0 Å². The first-order valence-electron chi connectivity index (χ1n) is 5.56. The summed E-state index contributed by atoms with van der Waals surface area (Å²) in [5.41, 5.74) is 1.54. The third-order valence-electron chi connectivity index (χ3n) is 3.88. The van der Waals surface area contributed by atoms with Gasteiger partial charge in [-0.25, -0.2) is 0 Å². The first-order chi connectivity index (χ1) is 7.19. The molecule has 1 aromatic rings. The third kappa shape index (κ3) is 1.79. The largest absolute Gasteiger partial charge is 0.396 e. The predicted octanol–water partition coefficient (Wildman–Crippen LogP) is 3.39. The highest BCUT2D eigenvalue weighted by atomic mass is 35.5. The van der Waals surface area contributed by atoms with Gasteiger partial charge in [-0.05, 0) is 36.5 Å². The SMILES string of the molecule is C[C@@H](CO)C1(c2ccc(Cl)cc2)CCC1. The maximum Gasteiger partial charge on any atom is 0.0465 e. The topological polar surface area (TPSA) is 20.2 Å². The Kier molecular flexibility index (Phi) is 3.03. The monoisotopic (exact) mass is 224 g/mol. The number of aliphatic hydroxyl groups excluding tert-OH is 1. The molecule has 15 heavy (non-hydrogen) atoms. The van der Waals surface area contributed by atoms with Crippen molar-refractivity contribution < 1.29 is 5.11 Å². The van der Waals surface area contributed by atoms with Crippen LogP contribution in [0.3, 0.4) is 0 Å². The molecule has 1 aliphatic carbocycles. The number of hydrogen-bond donors (Lipinski definition) is 1. The molecule has 1 fully saturated rings. The normalized spacial score (nSPS) is 20.7. The van der Waals surface area contributed by atoms with Gasteiger partial charge in [-0.2, -0.15) is 0 Å². The second-order valence-electron chi connectivity index (χ2n) is 4.60. The molecule has 0 saturated heterocycles.